The molecule has 1 aliphatic rings. The van der Waals surface area contributed by atoms with Gasteiger partial charge in [-0.3, -0.25) is 27.4 Å². The molecule has 0 bridgehead atoms. The van der Waals surface area contributed by atoms with E-state index in [1.54, 1.807) is 0 Å². The first-order valence-corrected chi connectivity index (χ1v) is 15.3. The zero-order chi connectivity index (χ0) is 23.7. The smallest absolute Gasteiger partial charge is 0.822 e. The second-order valence-corrected chi connectivity index (χ2v) is 13.8. The third-order valence-corrected chi connectivity index (χ3v) is 10.8. The summed E-state index contributed by atoms with van der Waals surface area (Å²) >= 11 is 0. The van der Waals surface area contributed by atoms with E-state index in [9.17, 15) is 56.8 Å². The molecule has 22 nitrogen and oxygen atoms in total. The Morgan fingerprint density at radius 2 is 0.395 bits per heavy atom. The number of rotatable bonds is 0. The van der Waals surface area contributed by atoms with Crippen LogP contribution in [0.15, 0.2) is 0 Å². The summed E-state index contributed by atoms with van der Waals surface area (Å²) in [6, 6.07) is 0. The van der Waals surface area contributed by atoms with Gasteiger partial charge in [-0.25, -0.2) is 25.9 Å². The van der Waals surface area contributed by atoms with E-state index in [1.165, 1.54) is 0 Å². The fraction of sp³-hybridized carbons (Fsp3) is 0. The normalized spacial score (nSPS) is 36.4. The molecule has 1 heterocycles. The van der Waals surface area contributed by atoms with Gasteiger partial charge < -0.3 is 48.6 Å². The van der Waals surface area contributed by atoms with Crippen molar-refractivity contribution in [1.82, 2.24) is 0 Å². The van der Waals surface area contributed by atoms with Crippen LogP contribution >= 0.6 is 54.8 Å². The average Bonchev–Trinajstić information content (AvgIpc) is 2.10. The molecule has 0 aliphatic carbocycles. The predicted molar refractivity (Wildman–Crippen MR) is 59.8 cm³/mol. The van der Waals surface area contributed by atoms with Crippen LogP contribution in [0.2, 0.25) is 0 Å². The first-order valence-electron chi connectivity index (χ1n) is 5.11. The Morgan fingerprint density at radius 1 is 0.342 bits per heavy atom. The van der Waals surface area contributed by atoms with Crippen molar-refractivity contribution in [3.8, 4) is 0 Å². The van der Waals surface area contributed by atoms with Gasteiger partial charge in [-0.05, 0) is 0 Å². The van der Waals surface area contributed by atoms with Crippen molar-refractivity contribution in [3.05, 3.63) is 0 Å². The predicted octanol–water partition coefficient (Wildman–Crippen LogP) is -32.9. The molecule has 0 radical (unpaired) electrons. The molecule has 1 fully saturated rings. The largest absolute Gasteiger partial charge is 1.00 e. The fourth-order valence-corrected chi connectivity index (χ4v) is 9.03. The minimum absolute atomic E-state index is 0. The summed E-state index contributed by atoms with van der Waals surface area (Å²) in [5.74, 6) is 0. The summed E-state index contributed by atoms with van der Waals surface area (Å²) in [6.07, 6.45) is 0. The Balaban J connectivity index is -0.0000000642. The van der Waals surface area contributed by atoms with Crippen molar-refractivity contribution in [2.45, 2.75) is 0 Å². The van der Waals surface area contributed by atoms with Gasteiger partial charge in [0, 0.05) is 0 Å². The molecule has 0 aromatic rings. The Morgan fingerprint density at radius 3 is 0.447 bits per heavy atom. The molecule has 1 aliphatic heterocycles. The van der Waals surface area contributed by atoms with Gasteiger partial charge in [-0.1, -0.05) is 0 Å². The van der Waals surface area contributed by atoms with E-state index in [2.05, 4.69) is 25.9 Å². The van der Waals surface area contributed by atoms with Gasteiger partial charge in [0.1, 0.15) is 0 Å². The van der Waals surface area contributed by atoms with Crippen LogP contribution in [-0.2, 0) is 57.8 Å². The summed E-state index contributed by atoms with van der Waals surface area (Å²) in [5.41, 5.74) is 0. The molecule has 0 unspecified atom stereocenters. The molecular weight excluding hydrogens is 776 g/mol. The topological polar surface area (TPSA) is 382 Å². The Bertz CT molecular complexity index is 740. The molecule has 38 heteroatoms. The zero-order valence-electron chi connectivity index (χ0n) is 21.1. The Labute approximate surface area is 413 Å². The molecule has 38 heavy (non-hydrogen) atoms. The molecule has 0 saturated carbocycles. The van der Waals surface area contributed by atoms with Gasteiger partial charge in [-0.2, -0.15) is 7.82 Å². The molecule has 1 saturated heterocycles. The van der Waals surface area contributed by atoms with Crippen LogP contribution in [0.1, 0.15) is 0 Å². The molecule has 0 amide bonds. The van der Waals surface area contributed by atoms with Gasteiger partial charge in [-0.15, -0.1) is 0 Å². The molecule has 0 spiro atoms. The van der Waals surface area contributed by atoms with Crippen LogP contribution in [0, 0.1) is 0 Å². The van der Waals surface area contributed by atoms with Gasteiger partial charge in [0.25, 0.3) is 46.9 Å². The standard InChI is InChI=1S/9Na.H6O18P6.H3O4P/c;;;;;;;;;1-19(2)13-20(3,4)15-22(7,8)17-24(11,12)18-23(9,10)16-21(5,6)14-19;1-5(2,3)4/h;;;;;;;;;(H,1,2)(H,3,4)(H,5,6)(H,7,8)(H,9,10)(H,11,12);(H3,1,2,3,4)/q9*+1;;/p-9. The number of phosphoric acid groups is 7. The molecule has 0 N–H and O–H groups in total. The maximum atomic E-state index is 11.0. The Hall–Kier alpha value is 10.0. The monoisotopic (exact) mass is 776 g/mol. The third-order valence-electron chi connectivity index (χ3n) is 1.20. The molecule has 0 atom stereocenters. The third kappa shape index (κ3) is 44.0. The van der Waals surface area contributed by atoms with Gasteiger partial charge in [0.05, 0.1) is 0 Å². The average molecular weight is 776 g/mol. The van der Waals surface area contributed by atoms with Crippen molar-refractivity contribution in [3.63, 3.8) is 0 Å². The van der Waals surface area contributed by atoms with Crippen LogP contribution in [-0.4, -0.2) is 0 Å². The van der Waals surface area contributed by atoms with E-state index in [-0.39, 0.29) is 266 Å². The van der Waals surface area contributed by atoms with E-state index in [0.717, 1.165) is 0 Å². The van der Waals surface area contributed by atoms with Crippen molar-refractivity contribution >= 4 is 54.8 Å². The fourth-order valence-electron chi connectivity index (χ4n) is 0.824. The SMILES string of the molecule is O=P([O-])([O-])[O-].O=P1([O-])OP(=O)([O-])OP(=O)([O-])OP(=O)([O-])OP(=O)([O-])OP(=O)([O-])O1.[Na+].[Na+].[Na+].[Na+].[Na+].[Na+].[Na+].[Na+].[Na+]. The zero-order valence-corrected chi connectivity index (χ0v) is 45.4. The Kier molecular flexibility index (Phi) is 57.2. The van der Waals surface area contributed by atoms with Gasteiger partial charge >= 0.3 is 266 Å². The minimum Gasteiger partial charge on any atom is -0.822 e. The maximum Gasteiger partial charge on any atom is 1.00 e. The van der Waals surface area contributed by atoms with Crippen molar-refractivity contribution in [2.24, 2.45) is 0 Å². The van der Waals surface area contributed by atoms with E-state index in [4.69, 9.17) is 19.2 Å². The van der Waals surface area contributed by atoms with Crippen LogP contribution in [0.25, 0.3) is 0 Å². The number of hydrogen-bond acceptors (Lipinski definition) is 22. The summed E-state index contributed by atoms with van der Waals surface area (Å²) in [5, 5.41) is 0. The first-order chi connectivity index (χ1) is 12.2. The molecule has 0 aromatic carbocycles. The second kappa shape index (κ2) is 29.6. The van der Waals surface area contributed by atoms with Crippen LogP contribution in [0.3, 0.4) is 0 Å². The van der Waals surface area contributed by atoms with Gasteiger partial charge in [0.2, 0.25) is 0 Å². The maximum absolute atomic E-state index is 11.0. The van der Waals surface area contributed by atoms with E-state index in [0.29, 0.717) is 0 Å². The van der Waals surface area contributed by atoms with Gasteiger partial charge in [0.15, 0.2) is 0 Å². The van der Waals surface area contributed by atoms with Crippen LogP contribution in [0.5, 0.6) is 0 Å². The second-order valence-electron chi connectivity index (χ2n) is 3.62. The molecular formula is Na9O22P7. The van der Waals surface area contributed by atoms with Crippen molar-refractivity contribution in [1.29, 1.82) is 0 Å². The number of hydrogen-bond donors (Lipinski definition) is 0. The summed E-state index contributed by atoms with van der Waals surface area (Å²) in [6.45, 7) is 0. The minimum atomic E-state index is -6.56. The first kappa shape index (κ1) is 73.4. The quantitative estimate of drug-likeness (QED) is 0.163. The molecule has 0 aromatic heterocycles. The summed E-state index contributed by atoms with van der Waals surface area (Å²) in [4.78, 5) is 91.4. The summed E-state index contributed by atoms with van der Waals surface area (Å²) < 4.78 is 91.9. The van der Waals surface area contributed by atoms with Crippen LogP contribution < -0.4 is 310 Å². The molecule has 176 valence electrons. The van der Waals surface area contributed by atoms with E-state index in [1.807, 2.05) is 0 Å². The van der Waals surface area contributed by atoms with E-state index < -0.39 is 54.8 Å². The van der Waals surface area contributed by atoms with E-state index >= 15 is 0 Å². The summed E-state index contributed by atoms with van der Waals surface area (Å²) in [7, 11) is -44.7. The van der Waals surface area contributed by atoms with Crippen molar-refractivity contribution in [2.75, 3.05) is 0 Å². The van der Waals surface area contributed by atoms with Crippen molar-refractivity contribution < 1.29 is 368 Å². The van der Waals surface area contributed by atoms with Crippen LogP contribution in [0.4, 0.5) is 0 Å². The molecule has 1 rings (SSSR count).